The zero-order valence-corrected chi connectivity index (χ0v) is 8.60. The summed E-state index contributed by atoms with van der Waals surface area (Å²) in [7, 11) is -3.23. The summed E-state index contributed by atoms with van der Waals surface area (Å²) in [6.07, 6.45) is 0.775. The normalized spacial score (nSPS) is 23.9. The van der Waals surface area contributed by atoms with Gasteiger partial charge in [0.1, 0.15) is 0 Å². The van der Waals surface area contributed by atoms with Crippen molar-refractivity contribution in [1.29, 1.82) is 0 Å². The van der Waals surface area contributed by atoms with E-state index < -0.39 is 13.4 Å². The van der Waals surface area contributed by atoms with Gasteiger partial charge in [-0.1, -0.05) is 0 Å². The summed E-state index contributed by atoms with van der Waals surface area (Å²) in [5, 5.41) is 0. The average molecular weight is 194 g/mol. The SMILES string of the molecule is CC(C)(C)OP1(=O)OCCCO1. The minimum absolute atomic E-state index is 0.452. The Balaban J connectivity index is 2.53. The van der Waals surface area contributed by atoms with E-state index in [-0.39, 0.29) is 0 Å². The molecule has 0 aromatic rings. The molecule has 0 saturated carbocycles. The highest BCUT2D eigenvalue weighted by molar-refractivity contribution is 7.48. The fourth-order valence-corrected chi connectivity index (χ4v) is 2.39. The van der Waals surface area contributed by atoms with Crippen LogP contribution in [0.25, 0.3) is 0 Å². The topological polar surface area (TPSA) is 44.8 Å². The molecule has 0 amide bonds. The Kier molecular flexibility index (Phi) is 2.94. The molecule has 1 aliphatic heterocycles. The zero-order valence-electron chi connectivity index (χ0n) is 7.70. The van der Waals surface area contributed by atoms with E-state index in [1.165, 1.54) is 0 Å². The lowest BCUT2D eigenvalue weighted by molar-refractivity contribution is 0.0215. The molecule has 1 rings (SSSR count). The monoisotopic (exact) mass is 194 g/mol. The summed E-state index contributed by atoms with van der Waals surface area (Å²) in [5.74, 6) is 0. The van der Waals surface area contributed by atoms with E-state index in [2.05, 4.69) is 0 Å². The molecule has 12 heavy (non-hydrogen) atoms. The van der Waals surface area contributed by atoms with Gasteiger partial charge in [0.05, 0.1) is 18.8 Å². The van der Waals surface area contributed by atoms with Gasteiger partial charge in [-0.05, 0) is 27.2 Å². The van der Waals surface area contributed by atoms with Crippen LogP contribution in [-0.2, 0) is 18.1 Å². The van der Waals surface area contributed by atoms with E-state index in [9.17, 15) is 4.57 Å². The molecule has 1 aliphatic rings. The molecule has 0 atom stereocenters. The highest BCUT2D eigenvalue weighted by atomic mass is 31.2. The van der Waals surface area contributed by atoms with Crippen molar-refractivity contribution in [2.24, 2.45) is 0 Å². The predicted molar refractivity (Wildman–Crippen MR) is 45.0 cm³/mol. The first-order valence-corrected chi connectivity index (χ1v) is 5.47. The van der Waals surface area contributed by atoms with E-state index in [0.29, 0.717) is 13.2 Å². The molecule has 1 saturated heterocycles. The summed E-state index contributed by atoms with van der Waals surface area (Å²) in [5.41, 5.74) is -0.493. The molecule has 5 heteroatoms. The van der Waals surface area contributed by atoms with Crippen LogP contribution in [0.15, 0.2) is 0 Å². The maximum atomic E-state index is 11.6. The fraction of sp³-hybridized carbons (Fsp3) is 1.00. The lowest BCUT2D eigenvalue weighted by Gasteiger charge is -2.28. The number of hydrogen-bond donors (Lipinski definition) is 0. The third-order valence-corrected chi connectivity index (χ3v) is 2.94. The molecule has 72 valence electrons. The second-order valence-corrected chi connectivity index (χ2v) is 5.26. The number of phosphoric acid groups is 1. The largest absolute Gasteiger partial charge is 0.475 e. The van der Waals surface area contributed by atoms with Crippen molar-refractivity contribution in [3.05, 3.63) is 0 Å². The number of hydrogen-bond acceptors (Lipinski definition) is 4. The molecule has 1 heterocycles. The van der Waals surface area contributed by atoms with Crippen molar-refractivity contribution < 1.29 is 18.1 Å². The van der Waals surface area contributed by atoms with Gasteiger partial charge in [-0.25, -0.2) is 4.57 Å². The van der Waals surface area contributed by atoms with Crippen LogP contribution in [0.2, 0.25) is 0 Å². The van der Waals surface area contributed by atoms with Gasteiger partial charge in [0.25, 0.3) is 0 Å². The van der Waals surface area contributed by atoms with Gasteiger partial charge < -0.3 is 0 Å². The van der Waals surface area contributed by atoms with E-state index in [0.717, 1.165) is 6.42 Å². The number of phosphoric ester groups is 1. The van der Waals surface area contributed by atoms with E-state index in [1.54, 1.807) is 0 Å². The summed E-state index contributed by atoms with van der Waals surface area (Å²) in [4.78, 5) is 0. The second kappa shape index (κ2) is 3.46. The Labute approximate surface area is 72.8 Å². The third-order valence-electron chi connectivity index (χ3n) is 1.17. The molecule has 0 radical (unpaired) electrons. The van der Waals surface area contributed by atoms with Gasteiger partial charge in [-0.3, -0.25) is 13.6 Å². The third kappa shape index (κ3) is 3.23. The molecule has 1 fully saturated rings. The van der Waals surface area contributed by atoms with E-state index >= 15 is 0 Å². The van der Waals surface area contributed by atoms with Crippen molar-refractivity contribution in [2.45, 2.75) is 32.8 Å². The summed E-state index contributed by atoms with van der Waals surface area (Å²) >= 11 is 0. The summed E-state index contributed by atoms with van der Waals surface area (Å²) < 4.78 is 26.7. The zero-order chi connectivity index (χ0) is 9.24. The Morgan fingerprint density at radius 1 is 1.25 bits per heavy atom. The quantitative estimate of drug-likeness (QED) is 0.601. The molecule has 0 unspecified atom stereocenters. The first-order valence-electron chi connectivity index (χ1n) is 4.01. The van der Waals surface area contributed by atoms with Crippen LogP contribution < -0.4 is 0 Å². The van der Waals surface area contributed by atoms with Gasteiger partial charge >= 0.3 is 7.82 Å². The van der Waals surface area contributed by atoms with Crippen molar-refractivity contribution in [3.63, 3.8) is 0 Å². The van der Waals surface area contributed by atoms with Crippen LogP contribution >= 0.6 is 7.82 Å². The standard InChI is InChI=1S/C7H15O4P/c1-7(2,3)11-12(8)9-5-4-6-10-12/h4-6H2,1-3H3. The molecule has 0 bridgehead atoms. The molecular weight excluding hydrogens is 179 g/mol. The van der Waals surface area contributed by atoms with Crippen molar-refractivity contribution in [3.8, 4) is 0 Å². The Morgan fingerprint density at radius 3 is 2.17 bits per heavy atom. The maximum Gasteiger partial charge on any atom is 0.475 e. The second-order valence-electron chi connectivity index (χ2n) is 3.67. The van der Waals surface area contributed by atoms with Crippen molar-refractivity contribution in [1.82, 2.24) is 0 Å². The van der Waals surface area contributed by atoms with Gasteiger partial charge in [0.15, 0.2) is 0 Å². The van der Waals surface area contributed by atoms with E-state index in [4.69, 9.17) is 13.6 Å². The molecule has 0 aromatic heterocycles. The predicted octanol–water partition coefficient (Wildman–Crippen LogP) is 2.35. The van der Waals surface area contributed by atoms with Crippen LogP contribution in [-0.4, -0.2) is 18.8 Å². The maximum absolute atomic E-state index is 11.6. The molecular formula is C7H15O4P. The highest BCUT2D eigenvalue weighted by Gasteiger charge is 2.34. The van der Waals surface area contributed by atoms with Crippen LogP contribution in [0, 0.1) is 0 Å². The Bertz CT molecular complexity index is 186. The molecule has 0 aromatic carbocycles. The van der Waals surface area contributed by atoms with Crippen LogP contribution in [0.1, 0.15) is 27.2 Å². The van der Waals surface area contributed by atoms with Crippen LogP contribution in [0.4, 0.5) is 0 Å². The van der Waals surface area contributed by atoms with E-state index in [1.807, 2.05) is 20.8 Å². The van der Waals surface area contributed by atoms with Gasteiger partial charge in [-0.15, -0.1) is 0 Å². The average Bonchev–Trinajstić information content (AvgIpc) is 1.83. The molecule has 0 aliphatic carbocycles. The molecule has 0 N–H and O–H groups in total. The minimum Gasteiger partial charge on any atom is -0.287 e. The highest BCUT2D eigenvalue weighted by Crippen LogP contribution is 2.54. The molecule has 0 spiro atoms. The first-order chi connectivity index (χ1) is 5.41. The van der Waals surface area contributed by atoms with Crippen LogP contribution in [0.3, 0.4) is 0 Å². The molecule has 4 nitrogen and oxygen atoms in total. The lowest BCUT2D eigenvalue weighted by atomic mass is 10.2. The first kappa shape index (κ1) is 10.2. The van der Waals surface area contributed by atoms with Crippen molar-refractivity contribution >= 4 is 7.82 Å². The van der Waals surface area contributed by atoms with Crippen molar-refractivity contribution in [2.75, 3.05) is 13.2 Å². The lowest BCUT2D eigenvalue weighted by Crippen LogP contribution is -2.21. The smallest absolute Gasteiger partial charge is 0.287 e. The Morgan fingerprint density at radius 2 is 1.75 bits per heavy atom. The minimum atomic E-state index is -3.23. The van der Waals surface area contributed by atoms with Gasteiger partial charge in [0.2, 0.25) is 0 Å². The van der Waals surface area contributed by atoms with Crippen LogP contribution in [0.5, 0.6) is 0 Å². The summed E-state index contributed by atoms with van der Waals surface area (Å²) in [6, 6.07) is 0. The summed E-state index contributed by atoms with van der Waals surface area (Å²) in [6.45, 7) is 6.34. The Hall–Kier alpha value is 0.110. The fourth-order valence-electron chi connectivity index (χ4n) is 0.837. The van der Waals surface area contributed by atoms with Gasteiger partial charge in [0, 0.05) is 0 Å². The number of rotatable bonds is 1. The van der Waals surface area contributed by atoms with Gasteiger partial charge in [-0.2, -0.15) is 0 Å².